The Morgan fingerprint density at radius 3 is 2.09 bits per heavy atom. The summed E-state index contributed by atoms with van der Waals surface area (Å²) in [6.45, 7) is 0. The predicted octanol–water partition coefficient (Wildman–Crippen LogP) is 1.62. The summed E-state index contributed by atoms with van der Waals surface area (Å²) in [5, 5.41) is 0. The highest BCUT2D eigenvalue weighted by Crippen LogP contribution is 2.21. The van der Waals surface area contributed by atoms with E-state index in [1.807, 2.05) is 0 Å². The molecule has 0 aliphatic carbocycles. The van der Waals surface area contributed by atoms with Crippen molar-refractivity contribution in [2.75, 3.05) is 10.9 Å². The normalized spacial score (nSPS) is 11.9. The van der Waals surface area contributed by atoms with E-state index in [9.17, 15) is 16.8 Å². The number of hydrogen-bond acceptors (Lipinski definition) is 6. The standard InChI is InChI=1S/C12H12N2O6S2/c15-21(16,17)10-5-3-4-9(8-10)13-14-11-6-1-2-7-12(11)22(18,19)20/h1-8,13-14H,(H,15,16,17)(H,18,19,20). The first-order chi connectivity index (χ1) is 10.2. The van der Waals surface area contributed by atoms with E-state index >= 15 is 0 Å². The molecule has 0 atom stereocenters. The van der Waals surface area contributed by atoms with Crippen molar-refractivity contribution in [2.45, 2.75) is 9.79 Å². The molecule has 0 aromatic heterocycles. The third-order valence-corrected chi connectivity index (χ3v) is 4.40. The van der Waals surface area contributed by atoms with Crippen LogP contribution in [-0.2, 0) is 20.2 Å². The molecule has 118 valence electrons. The first-order valence-corrected chi connectivity index (χ1v) is 8.72. The van der Waals surface area contributed by atoms with E-state index in [0.717, 1.165) is 6.07 Å². The van der Waals surface area contributed by atoms with Crippen molar-refractivity contribution >= 4 is 31.6 Å². The molecular weight excluding hydrogens is 332 g/mol. The van der Waals surface area contributed by atoms with Gasteiger partial charge in [-0.1, -0.05) is 18.2 Å². The van der Waals surface area contributed by atoms with Crippen molar-refractivity contribution < 1.29 is 25.9 Å². The summed E-state index contributed by atoms with van der Waals surface area (Å²) in [5.41, 5.74) is 5.47. The van der Waals surface area contributed by atoms with E-state index in [1.165, 1.54) is 36.4 Å². The first kappa shape index (κ1) is 16.2. The van der Waals surface area contributed by atoms with Gasteiger partial charge in [0.1, 0.15) is 4.90 Å². The lowest BCUT2D eigenvalue weighted by Crippen LogP contribution is -2.12. The van der Waals surface area contributed by atoms with E-state index < -0.39 is 20.2 Å². The van der Waals surface area contributed by atoms with Gasteiger partial charge in [0.25, 0.3) is 20.2 Å². The molecule has 0 heterocycles. The zero-order chi connectivity index (χ0) is 16.4. The number of nitrogens with one attached hydrogen (secondary N) is 2. The van der Waals surface area contributed by atoms with Gasteiger partial charge in [0.15, 0.2) is 0 Å². The minimum absolute atomic E-state index is 0.0715. The SMILES string of the molecule is O=S(=O)(O)c1cccc(NNc2ccccc2S(=O)(=O)O)c1. The molecule has 0 unspecified atom stereocenters. The summed E-state index contributed by atoms with van der Waals surface area (Å²) in [6.07, 6.45) is 0. The molecule has 2 aromatic rings. The van der Waals surface area contributed by atoms with Gasteiger partial charge in [0, 0.05) is 0 Å². The number of para-hydroxylation sites is 1. The molecule has 2 aromatic carbocycles. The van der Waals surface area contributed by atoms with E-state index in [1.54, 1.807) is 6.07 Å². The Labute approximate surface area is 127 Å². The Hall–Kier alpha value is -2.14. The second-order valence-corrected chi connectivity index (χ2v) is 7.04. The van der Waals surface area contributed by atoms with Gasteiger partial charge in [-0.05, 0) is 30.3 Å². The number of rotatable bonds is 5. The molecule has 10 heteroatoms. The van der Waals surface area contributed by atoms with Crippen LogP contribution in [0.4, 0.5) is 11.4 Å². The number of hydrazine groups is 1. The molecule has 0 aliphatic heterocycles. The summed E-state index contributed by atoms with van der Waals surface area (Å²) in [7, 11) is -8.75. The lowest BCUT2D eigenvalue weighted by atomic mass is 10.3. The Morgan fingerprint density at radius 1 is 0.773 bits per heavy atom. The van der Waals surface area contributed by atoms with Crippen molar-refractivity contribution in [1.82, 2.24) is 0 Å². The van der Waals surface area contributed by atoms with Crippen LogP contribution in [0, 0.1) is 0 Å². The molecule has 8 nitrogen and oxygen atoms in total. The van der Waals surface area contributed by atoms with Crippen LogP contribution in [0.1, 0.15) is 0 Å². The van der Waals surface area contributed by atoms with E-state index in [0.29, 0.717) is 0 Å². The van der Waals surface area contributed by atoms with Crippen LogP contribution in [-0.4, -0.2) is 25.9 Å². The van der Waals surface area contributed by atoms with Crippen molar-refractivity contribution in [1.29, 1.82) is 0 Å². The molecular formula is C12H12N2O6S2. The highest BCUT2D eigenvalue weighted by molar-refractivity contribution is 7.86. The molecule has 0 amide bonds. The zero-order valence-electron chi connectivity index (χ0n) is 11.0. The van der Waals surface area contributed by atoms with Crippen LogP contribution in [0.2, 0.25) is 0 Å². The molecule has 0 saturated heterocycles. The third-order valence-electron chi connectivity index (χ3n) is 2.64. The fraction of sp³-hybridized carbons (Fsp3) is 0. The van der Waals surface area contributed by atoms with Crippen LogP contribution >= 0.6 is 0 Å². The quantitative estimate of drug-likeness (QED) is 0.475. The molecule has 4 N–H and O–H groups in total. The highest BCUT2D eigenvalue weighted by Gasteiger charge is 2.14. The average Bonchev–Trinajstić information content (AvgIpc) is 2.44. The van der Waals surface area contributed by atoms with Crippen LogP contribution in [0.15, 0.2) is 58.3 Å². The Bertz CT molecular complexity index is 893. The maximum Gasteiger partial charge on any atom is 0.296 e. The molecule has 2 rings (SSSR count). The molecule has 0 aliphatic rings. The molecule has 0 saturated carbocycles. The van der Waals surface area contributed by atoms with Crippen molar-refractivity contribution in [3.8, 4) is 0 Å². The Kier molecular flexibility index (Phi) is 4.37. The zero-order valence-corrected chi connectivity index (χ0v) is 12.6. The monoisotopic (exact) mass is 344 g/mol. The minimum atomic E-state index is -4.41. The first-order valence-electron chi connectivity index (χ1n) is 5.84. The molecule has 0 bridgehead atoms. The van der Waals surface area contributed by atoms with Crippen LogP contribution in [0.3, 0.4) is 0 Å². The highest BCUT2D eigenvalue weighted by atomic mass is 32.2. The number of benzene rings is 2. The maximum absolute atomic E-state index is 11.2. The molecule has 0 spiro atoms. The van der Waals surface area contributed by atoms with Crippen molar-refractivity contribution in [3.63, 3.8) is 0 Å². The smallest absolute Gasteiger partial charge is 0.296 e. The summed E-state index contributed by atoms with van der Waals surface area (Å²) < 4.78 is 62.6. The summed E-state index contributed by atoms with van der Waals surface area (Å²) in [6, 6.07) is 10.8. The van der Waals surface area contributed by atoms with Gasteiger partial charge in [-0.25, -0.2) is 0 Å². The topological polar surface area (TPSA) is 133 Å². The van der Waals surface area contributed by atoms with Crippen LogP contribution in [0.5, 0.6) is 0 Å². The fourth-order valence-electron chi connectivity index (χ4n) is 1.67. The van der Waals surface area contributed by atoms with Gasteiger partial charge in [-0.15, -0.1) is 0 Å². The largest absolute Gasteiger partial charge is 0.301 e. The summed E-state index contributed by atoms with van der Waals surface area (Å²) >= 11 is 0. The summed E-state index contributed by atoms with van der Waals surface area (Å²) in [5.74, 6) is 0. The second-order valence-electron chi connectivity index (χ2n) is 4.22. The third kappa shape index (κ3) is 3.95. The van der Waals surface area contributed by atoms with Gasteiger partial charge in [0.2, 0.25) is 0 Å². The molecule has 0 fully saturated rings. The Morgan fingerprint density at radius 2 is 1.45 bits per heavy atom. The number of anilines is 2. The predicted molar refractivity (Wildman–Crippen MR) is 79.8 cm³/mol. The van der Waals surface area contributed by atoms with Crippen molar-refractivity contribution in [3.05, 3.63) is 48.5 Å². The number of hydrogen-bond donors (Lipinski definition) is 4. The van der Waals surface area contributed by atoms with Crippen LogP contribution in [0.25, 0.3) is 0 Å². The molecule has 22 heavy (non-hydrogen) atoms. The van der Waals surface area contributed by atoms with Crippen molar-refractivity contribution in [2.24, 2.45) is 0 Å². The lowest BCUT2D eigenvalue weighted by Gasteiger charge is -2.12. The average molecular weight is 344 g/mol. The summed E-state index contributed by atoms with van der Waals surface area (Å²) in [4.78, 5) is -0.657. The fourth-order valence-corrected chi connectivity index (χ4v) is 2.84. The maximum atomic E-state index is 11.2. The second kappa shape index (κ2) is 5.93. The van der Waals surface area contributed by atoms with Gasteiger partial charge in [0.05, 0.1) is 16.3 Å². The van der Waals surface area contributed by atoms with Gasteiger partial charge >= 0.3 is 0 Å². The minimum Gasteiger partial charge on any atom is -0.301 e. The Balaban J connectivity index is 2.25. The van der Waals surface area contributed by atoms with E-state index in [-0.39, 0.29) is 21.2 Å². The van der Waals surface area contributed by atoms with Gasteiger partial charge in [-0.3, -0.25) is 14.5 Å². The lowest BCUT2D eigenvalue weighted by molar-refractivity contribution is 0.481. The van der Waals surface area contributed by atoms with Gasteiger partial charge in [-0.2, -0.15) is 16.8 Å². The molecule has 0 radical (unpaired) electrons. The van der Waals surface area contributed by atoms with E-state index in [2.05, 4.69) is 10.9 Å². The van der Waals surface area contributed by atoms with E-state index in [4.69, 9.17) is 9.11 Å². The van der Waals surface area contributed by atoms with Crippen LogP contribution < -0.4 is 10.9 Å². The van der Waals surface area contributed by atoms with Gasteiger partial charge < -0.3 is 5.43 Å².